The number of nitrogens with zero attached hydrogens (tertiary/aromatic N) is 1. The van der Waals surface area contributed by atoms with E-state index in [0.717, 1.165) is 17.0 Å². The van der Waals surface area contributed by atoms with E-state index < -0.39 is 11.8 Å². The Morgan fingerprint density at radius 3 is 2.54 bits per heavy atom. The molecule has 2 atom stereocenters. The zero-order valence-corrected chi connectivity index (χ0v) is 15.1. The quantitative estimate of drug-likeness (QED) is 0.891. The molecule has 0 amide bonds. The average Bonchev–Trinajstić information content (AvgIpc) is 2.57. The van der Waals surface area contributed by atoms with Crippen molar-refractivity contribution >= 4 is 18.1 Å². The normalized spacial score (nSPS) is 17.1. The summed E-state index contributed by atoms with van der Waals surface area (Å²) >= 11 is 0. The van der Waals surface area contributed by atoms with Gasteiger partial charge >= 0.3 is 0 Å². The summed E-state index contributed by atoms with van der Waals surface area (Å²) in [5.41, 5.74) is 2.51. The zero-order chi connectivity index (χ0) is 16.4. The minimum absolute atomic E-state index is 0. The maximum absolute atomic E-state index is 10.7. The van der Waals surface area contributed by atoms with Crippen molar-refractivity contribution in [2.24, 2.45) is 0 Å². The first-order valence-corrected chi connectivity index (χ1v) is 8.03. The highest BCUT2D eigenvalue weighted by Gasteiger charge is 2.44. The van der Waals surface area contributed by atoms with Crippen molar-refractivity contribution in [1.29, 1.82) is 0 Å². The fourth-order valence-electron chi connectivity index (χ4n) is 3.50. The molecular formula is C19H25ClN2O2. The highest BCUT2D eigenvalue weighted by atomic mass is 35.5. The van der Waals surface area contributed by atoms with Crippen LogP contribution in [0.3, 0.4) is 0 Å². The van der Waals surface area contributed by atoms with Gasteiger partial charge in [-0.15, -0.1) is 12.4 Å². The minimum Gasteiger partial charge on any atom is -0.490 e. The van der Waals surface area contributed by atoms with Crippen molar-refractivity contribution in [3.05, 3.63) is 59.7 Å². The SMILES string of the molecule is CNC(c1ccccc1)(C(C)O)N1CCOc2ccc(C)cc21.Cl. The lowest BCUT2D eigenvalue weighted by atomic mass is 9.90. The van der Waals surface area contributed by atoms with Gasteiger partial charge in [0.1, 0.15) is 18.0 Å². The van der Waals surface area contributed by atoms with Gasteiger partial charge in [0.25, 0.3) is 0 Å². The van der Waals surface area contributed by atoms with Gasteiger partial charge in [-0.05, 0) is 44.2 Å². The number of hydrogen-bond donors (Lipinski definition) is 2. The second-order valence-electron chi connectivity index (χ2n) is 6.03. The number of hydrogen-bond acceptors (Lipinski definition) is 4. The number of nitrogens with one attached hydrogen (secondary N) is 1. The van der Waals surface area contributed by atoms with Crippen LogP contribution < -0.4 is 15.0 Å². The third-order valence-electron chi connectivity index (χ3n) is 4.60. The maximum Gasteiger partial charge on any atom is 0.143 e. The number of anilines is 1. The average molecular weight is 349 g/mol. The van der Waals surface area contributed by atoms with Crippen LogP contribution >= 0.6 is 12.4 Å². The first-order valence-electron chi connectivity index (χ1n) is 8.03. The molecule has 0 saturated carbocycles. The van der Waals surface area contributed by atoms with E-state index >= 15 is 0 Å². The number of aliphatic hydroxyl groups excluding tert-OH is 1. The van der Waals surface area contributed by atoms with Crippen LogP contribution in [0.15, 0.2) is 48.5 Å². The van der Waals surface area contributed by atoms with Gasteiger partial charge in [0, 0.05) is 0 Å². The first-order chi connectivity index (χ1) is 11.1. The predicted molar refractivity (Wildman–Crippen MR) is 100 cm³/mol. The minimum atomic E-state index is -0.701. The molecule has 5 heteroatoms. The smallest absolute Gasteiger partial charge is 0.143 e. The molecular weight excluding hydrogens is 324 g/mol. The summed E-state index contributed by atoms with van der Waals surface area (Å²) in [5, 5.41) is 14.1. The largest absolute Gasteiger partial charge is 0.490 e. The van der Waals surface area contributed by atoms with Gasteiger partial charge in [-0.3, -0.25) is 5.32 Å². The molecule has 0 aliphatic carbocycles. The Labute approximate surface area is 149 Å². The molecule has 1 aliphatic heterocycles. The molecule has 3 rings (SSSR count). The summed E-state index contributed by atoms with van der Waals surface area (Å²) in [5.74, 6) is 0.859. The molecule has 0 fully saturated rings. The summed E-state index contributed by atoms with van der Waals surface area (Å²) in [6.07, 6.45) is -0.610. The lowest BCUT2D eigenvalue weighted by molar-refractivity contribution is 0.0687. The van der Waals surface area contributed by atoms with E-state index in [4.69, 9.17) is 4.74 Å². The summed E-state index contributed by atoms with van der Waals surface area (Å²) in [6, 6.07) is 16.3. The Morgan fingerprint density at radius 1 is 1.21 bits per heavy atom. The van der Waals surface area contributed by atoms with Gasteiger partial charge in [0.15, 0.2) is 0 Å². The van der Waals surface area contributed by atoms with E-state index in [1.54, 1.807) is 0 Å². The summed E-state index contributed by atoms with van der Waals surface area (Å²) in [6.45, 7) is 5.20. The van der Waals surface area contributed by atoms with Crippen LogP contribution in [-0.2, 0) is 5.66 Å². The number of benzene rings is 2. The van der Waals surface area contributed by atoms with Crippen LogP contribution in [0.2, 0.25) is 0 Å². The van der Waals surface area contributed by atoms with Gasteiger partial charge < -0.3 is 14.7 Å². The molecule has 2 N–H and O–H groups in total. The van der Waals surface area contributed by atoms with Gasteiger partial charge in [0.2, 0.25) is 0 Å². The monoisotopic (exact) mass is 348 g/mol. The van der Waals surface area contributed by atoms with E-state index in [2.05, 4.69) is 23.2 Å². The van der Waals surface area contributed by atoms with E-state index in [-0.39, 0.29) is 12.4 Å². The molecule has 2 unspecified atom stereocenters. The highest BCUT2D eigenvalue weighted by Crippen LogP contribution is 2.41. The summed E-state index contributed by atoms with van der Waals surface area (Å²) in [7, 11) is 1.89. The summed E-state index contributed by atoms with van der Waals surface area (Å²) < 4.78 is 5.81. The number of aryl methyl sites for hydroxylation is 1. The Morgan fingerprint density at radius 2 is 1.92 bits per heavy atom. The van der Waals surface area contributed by atoms with Gasteiger partial charge in [-0.2, -0.15) is 0 Å². The molecule has 0 aromatic heterocycles. The fourth-order valence-corrected chi connectivity index (χ4v) is 3.50. The first kappa shape index (κ1) is 18.6. The molecule has 0 bridgehead atoms. The molecule has 1 aliphatic rings. The van der Waals surface area contributed by atoms with Crippen LogP contribution in [0.4, 0.5) is 5.69 Å². The van der Waals surface area contributed by atoms with Gasteiger partial charge in [0.05, 0.1) is 18.3 Å². The number of ether oxygens (including phenoxy) is 1. The molecule has 0 radical (unpaired) electrons. The van der Waals surface area contributed by atoms with Crippen molar-refractivity contribution in [2.45, 2.75) is 25.6 Å². The van der Waals surface area contributed by atoms with E-state index in [1.807, 2.05) is 56.4 Å². The highest BCUT2D eigenvalue weighted by molar-refractivity contribution is 5.85. The van der Waals surface area contributed by atoms with Crippen molar-refractivity contribution in [3.63, 3.8) is 0 Å². The second kappa shape index (κ2) is 7.43. The Kier molecular flexibility index (Phi) is 5.75. The Balaban J connectivity index is 0.00000208. The lowest BCUT2D eigenvalue weighted by Gasteiger charge is -2.49. The number of fused-ring (bicyclic) bond motifs is 1. The molecule has 24 heavy (non-hydrogen) atoms. The van der Waals surface area contributed by atoms with Crippen molar-refractivity contribution in [3.8, 4) is 5.75 Å². The topological polar surface area (TPSA) is 44.7 Å². The number of aliphatic hydroxyl groups is 1. The van der Waals surface area contributed by atoms with Crippen LogP contribution in [-0.4, -0.2) is 31.4 Å². The molecule has 130 valence electrons. The number of halogens is 1. The van der Waals surface area contributed by atoms with Crippen LogP contribution in [0, 0.1) is 6.92 Å². The number of rotatable bonds is 4. The molecule has 0 spiro atoms. The van der Waals surface area contributed by atoms with Gasteiger partial charge in [-0.25, -0.2) is 0 Å². The van der Waals surface area contributed by atoms with Crippen LogP contribution in [0.25, 0.3) is 0 Å². The zero-order valence-electron chi connectivity index (χ0n) is 14.3. The standard InChI is InChI=1S/C19H24N2O2.ClH/c1-14-9-10-18-17(13-14)21(11-12-23-18)19(20-3,15(2)22)16-7-5-4-6-8-16;/h4-10,13,15,20,22H,11-12H2,1-3H3;1H. The van der Waals surface area contributed by atoms with E-state index in [0.29, 0.717) is 13.2 Å². The van der Waals surface area contributed by atoms with Crippen LogP contribution in [0.1, 0.15) is 18.1 Å². The van der Waals surface area contributed by atoms with E-state index in [9.17, 15) is 5.11 Å². The molecule has 2 aromatic rings. The molecule has 0 saturated heterocycles. The predicted octanol–water partition coefficient (Wildman–Crippen LogP) is 3.07. The molecule has 2 aromatic carbocycles. The Hall–Kier alpha value is -1.75. The number of likely N-dealkylation sites (N-methyl/N-ethyl adjacent to an activating group) is 1. The maximum atomic E-state index is 10.7. The van der Waals surface area contributed by atoms with Crippen molar-refractivity contribution in [2.75, 3.05) is 25.1 Å². The van der Waals surface area contributed by atoms with E-state index in [1.165, 1.54) is 5.56 Å². The third kappa shape index (κ3) is 2.97. The molecule has 4 nitrogen and oxygen atoms in total. The lowest BCUT2D eigenvalue weighted by Crippen LogP contribution is -2.63. The Bertz CT molecular complexity index is 678. The van der Waals surface area contributed by atoms with Gasteiger partial charge in [-0.1, -0.05) is 36.4 Å². The fraction of sp³-hybridized carbons (Fsp3) is 0.368. The third-order valence-corrected chi connectivity index (χ3v) is 4.60. The van der Waals surface area contributed by atoms with Crippen molar-refractivity contribution in [1.82, 2.24) is 5.32 Å². The summed E-state index contributed by atoms with van der Waals surface area (Å²) in [4.78, 5) is 2.22. The molecule has 1 heterocycles. The van der Waals surface area contributed by atoms with Crippen LogP contribution in [0.5, 0.6) is 5.75 Å². The van der Waals surface area contributed by atoms with Crippen molar-refractivity contribution < 1.29 is 9.84 Å². The second-order valence-corrected chi connectivity index (χ2v) is 6.03.